The van der Waals surface area contributed by atoms with Crippen LogP contribution in [0.1, 0.15) is 0 Å². The Bertz CT molecular complexity index is 2220. The van der Waals surface area contributed by atoms with Gasteiger partial charge in [0.05, 0.1) is 0 Å². The summed E-state index contributed by atoms with van der Waals surface area (Å²) in [6.45, 7) is 0. The van der Waals surface area contributed by atoms with Crippen LogP contribution >= 0.6 is 0 Å². The van der Waals surface area contributed by atoms with Crippen LogP contribution in [0.15, 0.2) is 117 Å². The van der Waals surface area contributed by atoms with Crippen molar-refractivity contribution in [2.45, 2.75) is 0 Å². The fourth-order valence-electron chi connectivity index (χ4n) is 5.46. The first kappa shape index (κ1) is 26.2. The zero-order chi connectivity index (χ0) is 26.2. The number of hydrogen-bond acceptors (Lipinski definition) is 4. The second-order valence-corrected chi connectivity index (χ2v) is 9.67. The van der Waals surface area contributed by atoms with Gasteiger partial charge in [-0.05, 0) is 43.1 Å². The summed E-state index contributed by atoms with van der Waals surface area (Å²) in [6, 6.07) is 31.8. The third-order valence-electron chi connectivity index (χ3n) is 7.33. The van der Waals surface area contributed by atoms with E-state index in [0.29, 0.717) is 45.2 Å². The Morgan fingerprint density at radius 3 is 0.738 bits per heavy atom. The SMILES string of the molecule is [Cu+2].[Cu+2].c1ccc2c3[n-]c(c2c1)N=c1[n-]c(c2ccccc12)=Nc1[n-]c(c2ccccc12)N=c1[n-]c(c2ccccc12)=N3. The van der Waals surface area contributed by atoms with E-state index in [-0.39, 0.29) is 34.1 Å². The van der Waals surface area contributed by atoms with Crippen LogP contribution in [-0.4, -0.2) is 0 Å². The van der Waals surface area contributed by atoms with Crippen molar-refractivity contribution >= 4 is 66.4 Å². The Morgan fingerprint density at radius 2 is 0.500 bits per heavy atom. The third kappa shape index (κ3) is 3.89. The molecule has 1 aliphatic heterocycles. The van der Waals surface area contributed by atoms with E-state index in [4.69, 9.17) is 39.9 Å². The smallest absolute Gasteiger partial charge is 0.357 e. The van der Waals surface area contributed by atoms with Crippen molar-refractivity contribution in [3.05, 3.63) is 119 Å². The maximum absolute atomic E-state index is 4.95. The van der Waals surface area contributed by atoms with Gasteiger partial charge in [0.2, 0.25) is 0 Å². The van der Waals surface area contributed by atoms with Gasteiger partial charge < -0.3 is 39.9 Å². The van der Waals surface area contributed by atoms with E-state index < -0.39 is 0 Å². The zero-order valence-corrected chi connectivity index (χ0v) is 23.3. The molecular weight excluding hydrogens is 624 g/mol. The van der Waals surface area contributed by atoms with Crippen molar-refractivity contribution in [3.63, 3.8) is 0 Å². The average Bonchev–Trinajstić information content (AvgIpc) is 3.73. The van der Waals surface area contributed by atoms with Crippen molar-refractivity contribution in [1.82, 2.24) is 19.9 Å². The minimum Gasteiger partial charge on any atom is -0.357 e. The normalized spacial score (nSPS) is 12.2. The minimum atomic E-state index is 0. The second kappa shape index (κ2) is 9.98. The van der Waals surface area contributed by atoms with Crippen LogP contribution in [0.5, 0.6) is 0 Å². The van der Waals surface area contributed by atoms with Gasteiger partial charge in [0, 0.05) is 45.2 Å². The van der Waals surface area contributed by atoms with Crippen LogP contribution in [0.2, 0.25) is 0 Å². The first-order valence-electron chi connectivity index (χ1n) is 12.9. The molecule has 0 N–H and O–H groups in total. The largest absolute Gasteiger partial charge is 2.00 e. The van der Waals surface area contributed by atoms with Crippen molar-refractivity contribution in [3.8, 4) is 0 Å². The summed E-state index contributed by atoms with van der Waals surface area (Å²) in [5, 5.41) is 7.15. The molecule has 5 heterocycles. The van der Waals surface area contributed by atoms with Gasteiger partial charge in [-0.1, -0.05) is 97.1 Å². The zero-order valence-electron chi connectivity index (χ0n) is 21.4. The fraction of sp³-hybridized carbons (Fsp3) is 0. The molecule has 0 unspecified atom stereocenters. The van der Waals surface area contributed by atoms with Gasteiger partial charge in [-0.15, -0.1) is 0 Å². The standard InChI is InChI=1S/C32H16N8.2Cu/c1-2-10-18-17(9-1)25-33-26(18)38-28-21-13-5-6-14-22(21)30(35-28)40-32-24-16-8-7-15-23(24)31(36-32)39-29-20-12-4-3-11-19(20)27(34-29)37-25;;/h1-16H;;/q-4;2*+2. The maximum Gasteiger partial charge on any atom is 2.00 e. The topological polar surface area (TPSA) is 106 Å². The molecule has 206 valence electrons. The molecule has 0 atom stereocenters. The number of fused-ring (bicyclic) bond motifs is 20. The first-order chi connectivity index (χ1) is 19.8. The van der Waals surface area contributed by atoms with Crippen LogP contribution in [0.3, 0.4) is 0 Å². The Kier molecular flexibility index (Phi) is 6.22. The molecule has 8 bridgehead atoms. The fourth-order valence-corrected chi connectivity index (χ4v) is 5.46. The minimum absolute atomic E-state index is 0. The molecule has 8 aromatic rings. The van der Waals surface area contributed by atoms with Crippen LogP contribution < -0.4 is 41.9 Å². The molecule has 0 saturated carbocycles. The molecule has 0 amide bonds. The summed E-state index contributed by atoms with van der Waals surface area (Å²) in [5.41, 5.74) is 2.21. The molecule has 8 nitrogen and oxygen atoms in total. The molecule has 4 aromatic carbocycles. The molecule has 4 aromatic heterocycles. The molecular formula is C32H16Cu2N8. The second-order valence-electron chi connectivity index (χ2n) is 9.67. The molecule has 9 rings (SSSR count). The van der Waals surface area contributed by atoms with Crippen molar-refractivity contribution in [2.24, 2.45) is 20.0 Å². The molecule has 0 aliphatic carbocycles. The van der Waals surface area contributed by atoms with Crippen molar-refractivity contribution < 1.29 is 34.1 Å². The summed E-state index contributed by atoms with van der Waals surface area (Å²) < 4.78 is 0. The van der Waals surface area contributed by atoms with E-state index in [9.17, 15) is 0 Å². The van der Waals surface area contributed by atoms with Gasteiger partial charge in [-0.2, -0.15) is 0 Å². The van der Waals surface area contributed by atoms with Crippen LogP contribution in [-0.2, 0) is 34.1 Å². The third-order valence-corrected chi connectivity index (χ3v) is 7.33. The van der Waals surface area contributed by atoms with Gasteiger partial charge >= 0.3 is 34.1 Å². The van der Waals surface area contributed by atoms with Crippen molar-refractivity contribution in [1.29, 1.82) is 0 Å². The van der Waals surface area contributed by atoms with Gasteiger partial charge in [0.1, 0.15) is 0 Å². The number of hydrogen-bond donors (Lipinski definition) is 0. The molecule has 1 aliphatic rings. The van der Waals surface area contributed by atoms with Crippen LogP contribution in [0, 0.1) is 0 Å². The molecule has 2 radical (unpaired) electrons. The summed E-state index contributed by atoms with van der Waals surface area (Å²) in [7, 11) is 0. The summed E-state index contributed by atoms with van der Waals surface area (Å²) in [4.78, 5) is 39.3. The number of benzene rings is 4. The Hall–Kier alpha value is -4.72. The summed E-state index contributed by atoms with van der Waals surface area (Å²) >= 11 is 0. The van der Waals surface area contributed by atoms with Gasteiger partial charge in [-0.3, -0.25) is 0 Å². The molecule has 0 saturated heterocycles. The number of rotatable bonds is 0. The van der Waals surface area contributed by atoms with Gasteiger partial charge in [0.15, 0.2) is 0 Å². The van der Waals surface area contributed by atoms with E-state index in [1.807, 2.05) is 97.1 Å². The Balaban J connectivity index is 0.00000144. The summed E-state index contributed by atoms with van der Waals surface area (Å²) in [6.07, 6.45) is 0. The Morgan fingerprint density at radius 1 is 0.286 bits per heavy atom. The molecule has 0 spiro atoms. The van der Waals surface area contributed by atoms with Gasteiger partial charge in [0.25, 0.3) is 0 Å². The molecule has 42 heavy (non-hydrogen) atoms. The molecule has 0 fully saturated rings. The van der Waals surface area contributed by atoms with E-state index >= 15 is 0 Å². The van der Waals surface area contributed by atoms with E-state index in [0.717, 1.165) is 43.1 Å². The number of aromatic nitrogens is 4. The summed E-state index contributed by atoms with van der Waals surface area (Å²) in [5.74, 6) is 2.21. The van der Waals surface area contributed by atoms with E-state index in [2.05, 4.69) is 0 Å². The molecule has 10 heteroatoms. The Labute approximate surface area is 258 Å². The first-order valence-corrected chi connectivity index (χ1v) is 12.9. The monoisotopic (exact) mass is 638 g/mol. The van der Waals surface area contributed by atoms with Crippen molar-refractivity contribution in [2.75, 3.05) is 0 Å². The number of nitrogens with zero attached hydrogens (tertiary/aromatic N) is 8. The van der Waals surface area contributed by atoms with Crippen LogP contribution in [0.4, 0.5) is 23.3 Å². The van der Waals surface area contributed by atoms with E-state index in [1.165, 1.54) is 0 Å². The maximum atomic E-state index is 4.95. The van der Waals surface area contributed by atoms with Gasteiger partial charge in [-0.25, -0.2) is 0 Å². The van der Waals surface area contributed by atoms with Crippen LogP contribution in [0.25, 0.3) is 43.1 Å². The quantitative estimate of drug-likeness (QED) is 0.232. The predicted molar refractivity (Wildman–Crippen MR) is 152 cm³/mol. The van der Waals surface area contributed by atoms with E-state index in [1.54, 1.807) is 0 Å². The average molecular weight is 640 g/mol. The predicted octanol–water partition coefficient (Wildman–Crippen LogP) is 4.24.